The van der Waals surface area contributed by atoms with Gasteiger partial charge >= 0.3 is 0 Å². The van der Waals surface area contributed by atoms with E-state index in [0.717, 1.165) is 27.6 Å². The lowest BCUT2D eigenvalue weighted by Crippen LogP contribution is -2.28. The molecule has 0 N–H and O–H groups in total. The molecule has 0 fully saturated rings. The van der Waals surface area contributed by atoms with Gasteiger partial charge in [-0.1, -0.05) is 59.9 Å². The number of benzene rings is 4. The molecule has 0 bridgehead atoms. The van der Waals surface area contributed by atoms with Crippen LogP contribution >= 0.6 is 22.7 Å². The van der Waals surface area contributed by atoms with Gasteiger partial charge in [0, 0.05) is 29.2 Å². The number of para-hydroxylation sites is 2. The standard InChI is InChI=1S/C30H24N3S2/c1-21-31-29-27(34-21)19-18-26-30(29)35-28(32(26)2)20-15-22-13-16-25(17-14-22)33(23-9-5-3-6-10-23)24-11-7-4-8-12-24/h3-20H,1-2H3/q+1. The van der Waals surface area contributed by atoms with E-state index in [9.17, 15) is 0 Å². The summed E-state index contributed by atoms with van der Waals surface area (Å²) < 4.78 is 4.76. The fourth-order valence-electron chi connectivity index (χ4n) is 4.38. The van der Waals surface area contributed by atoms with Gasteiger partial charge in [-0.25, -0.2) is 4.98 Å². The number of rotatable bonds is 5. The normalized spacial score (nSPS) is 11.6. The van der Waals surface area contributed by atoms with E-state index in [1.807, 2.05) is 0 Å². The average Bonchev–Trinajstić information content (AvgIpc) is 3.44. The van der Waals surface area contributed by atoms with Crippen molar-refractivity contribution in [2.75, 3.05) is 4.90 Å². The molecule has 0 unspecified atom stereocenters. The zero-order valence-corrected chi connectivity index (χ0v) is 21.2. The van der Waals surface area contributed by atoms with Crippen molar-refractivity contribution in [1.82, 2.24) is 4.98 Å². The molecule has 0 saturated carbocycles. The van der Waals surface area contributed by atoms with Crippen LogP contribution in [0.25, 0.3) is 32.6 Å². The van der Waals surface area contributed by atoms with Crippen LogP contribution in [0.1, 0.15) is 15.6 Å². The molecule has 6 rings (SSSR count). The summed E-state index contributed by atoms with van der Waals surface area (Å²) in [5.41, 5.74) is 6.93. The average molecular weight is 491 g/mol. The molecule has 0 amide bonds. The first-order chi connectivity index (χ1) is 17.2. The van der Waals surface area contributed by atoms with E-state index in [4.69, 9.17) is 4.98 Å². The summed E-state index contributed by atoms with van der Waals surface area (Å²) in [5, 5.41) is 2.32. The van der Waals surface area contributed by atoms with E-state index in [1.54, 1.807) is 22.7 Å². The number of aryl methyl sites for hydroxylation is 2. The molecule has 0 aliphatic carbocycles. The zero-order valence-electron chi connectivity index (χ0n) is 19.6. The number of hydrogen-bond acceptors (Lipinski definition) is 4. The summed E-state index contributed by atoms with van der Waals surface area (Å²) in [5.74, 6) is 0. The third-order valence-corrected chi connectivity index (χ3v) is 8.26. The first-order valence-corrected chi connectivity index (χ1v) is 13.2. The van der Waals surface area contributed by atoms with E-state index in [-0.39, 0.29) is 0 Å². The van der Waals surface area contributed by atoms with Crippen LogP contribution in [0.2, 0.25) is 0 Å². The number of fused-ring (bicyclic) bond motifs is 3. The maximum absolute atomic E-state index is 4.78. The van der Waals surface area contributed by atoms with Crippen LogP contribution in [0.3, 0.4) is 0 Å². The Morgan fingerprint density at radius 2 is 1.34 bits per heavy atom. The highest BCUT2D eigenvalue weighted by atomic mass is 32.1. The maximum atomic E-state index is 4.78. The number of hydrogen-bond donors (Lipinski definition) is 0. The van der Waals surface area contributed by atoms with Crippen LogP contribution in [-0.4, -0.2) is 4.98 Å². The van der Waals surface area contributed by atoms with Gasteiger partial charge in [0.15, 0.2) is 0 Å². The van der Waals surface area contributed by atoms with Crippen molar-refractivity contribution in [3.63, 3.8) is 0 Å². The van der Waals surface area contributed by atoms with E-state index >= 15 is 0 Å². The SMILES string of the molecule is Cc1nc2c(ccc3c2sc(/C=C/c2ccc(N(c4ccccc4)c4ccccc4)cc2)[n+]3C)s1. The second kappa shape index (κ2) is 9.10. The fourth-order valence-corrected chi connectivity index (χ4v) is 6.42. The molecule has 2 heterocycles. The van der Waals surface area contributed by atoms with Crippen molar-refractivity contribution >= 4 is 72.3 Å². The first kappa shape index (κ1) is 21.7. The third kappa shape index (κ3) is 4.14. The minimum atomic E-state index is 1.11. The molecular weight excluding hydrogens is 466 g/mol. The van der Waals surface area contributed by atoms with Crippen LogP contribution in [0, 0.1) is 6.92 Å². The quantitative estimate of drug-likeness (QED) is 0.227. The Morgan fingerprint density at radius 3 is 2.00 bits per heavy atom. The molecule has 3 nitrogen and oxygen atoms in total. The topological polar surface area (TPSA) is 20.0 Å². The number of anilines is 3. The van der Waals surface area contributed by atoms with Crippen molar-refractivity contribution in [1.29, 1.82) is 0 Å². The second-order valence-electron chi connectivity index (χ2n) is 8.42. The Morgan fingerprint density at radius 1 is 0.714 bits per heavy atom. The van der Waals surface area contributed by atoms with Gasteiger partial charge in [-0.2, -0.15) is 4.57 Å². The molecule has 4 aromatic carbocycles. The largest absolute Gasteiger partial charge is 0.311 e. The highest BCUT2D eigenvalue weighted by Gasteiger charge is 2.19. The van der Waals surface area contributed by atoms with Crippen LogP contribution < -0.4 is 9.47 Å². The molecule has 0 atom stereocenters. The number of nitrogens with zero attached hydrogens (tertiary/aromatic N) is 3. The van der Waals surface area contributed by atoms with Gasteiger partial charge in [-0.3, -0.25) is 0 Å². The fraction of sp³-hybridized carbons (Fsp3) is 0.0667. The summed E-state index contributed by atoms with van der Waals surface area (Å²) in [6.07, 6.45) is 4.39. The van der Waals surface area contributed by atoms with Crippen molar-refractivity contribution in [3.05, 3.63) is 113 Å². The van der Waals surface area contributed by atoms with Gasteiger partial charge in [0.1, 0.15) is 17.3 Å². The lowest BCUT2D eigenvalue weighted by atomic mass is 10.1. The Balaban J connectivity index is 1.32. The van der Waals surface area contributed by atoms with Gasteiger partial charge < -0.3 is 4.90 Å². The minimum Gasteiger partial charge on any atom is -0.311 e. The highest BCUT2D eigenvalue weighted by molar-refractivity contribution is 7.22. The van der Waals surface area contributed by atoms with E-state index in [1.165, 1.54) is 25.5 Å². The van der Waals surface area contributed by atoms with Crippen LogP contribution in [0.5, 0.6) is 0 Å². The molecule has 0 spiro atoms. The number of thiazole rings is 2. The molecule has 0 saturated heterocycles. The Kier molecular flexibility index (Phi) is 5.64. The van der Waals surface area contributed by atoms with Gasteiger partial charge in [0.2, 0.25) is 5.52 Å². The monoisotopic (exact) mass is 490 g/mol. The molecular formula is C30H24N3S2+. The molecule has 35 heavy (non-hydrogen) atoms. The van der Waals surface area contributed by atoms with E-state index in [0.29, 0.717) is 0 Å². The summed E-state index contributed by atoms with van der Waals surface area (Å²) in [7, 11) is 2.13. The molecule has 6 aromatic rings. The van der Waals surface area contributed by atoms with Gasteiger partial charge in [-0.05, 0) is 61.0 Å². The summed E-state index contributed by atoms with van der Waals surface area (Å²) in [6, 6.07) is 34.1. The van der Waals surface area contributed by atoms with Crippen LogP contribution in [0.15, 0.2) is 97.1 Å². The molecule has 2 aromatic heterocycles. The second-order valence-corrected chi connectivity index (χ2v) is 10.7. The minimum absolute atomic E-state index is 1.11. The third-order valence-electron chi connectivity index (χ3n) is 6.10. The van der Waals surface area contributed by atoms with Crippen LogP contribution in [-0.2, 0) is 7.05 Å². The zero-order chi connectivity index (χ0) is 23.8. The molecule has 0 aliphatic rings. The molecule has 170 valence electrons. The Labute approximate surface area is 212 Å². The Hall–Kier alpha value is -3.80. The summed E-state index contributed by atoms with van der Waals surface area (Å²) in [6.45, 7) is 2.07. The lowest BCUT2D eigenvalue weighted by molar-refractivity contribution is -0.642. The summed E-state index contributed by atoms with van der Waals surface area (Å²) >= 11 is 3.56. The molecule has 5 heteroatoms. The smallest absolute Gasteiger partial charge is 0.262 e. The lowest BCUT2D eigenvalue weighted by Gasteiger charge is -2.25. The van der Waals surface area contributed by atoms with Crippen molar-refractivity contribution in [3.8, 4) is 0 Å². The molecule has 0 aliphatic heterocycles. The predicted molar refractivity (Wildman–Crippen MR) is 151 cm³/mol. The number of aromatic nitrogens is 2. The van der Waals surface area contributed by atoms with Gasteiger partial charge in [0.25, 0.3) is 5.01 Å². The van der Waals surface area contributed by atoms with Crippen LogP contribution in [0.4, 0.5) is 17.1 Å². The van der Waals surface area contributed by atoms with Crippen molar-refractivity contribution in [2.24, 2.45) is 7.05 Å². The molecule has 0 radical (unpaired) electrons. The van der Waals surface area contributed by atoms with Gasteiger partial charge in [-0.15, -0.1) is 11.3 Å². The van der Waals surface area contributed by atoms with Gasteiger partial charge in [0.05, 0.1) is 9.71 Å². The van der Waals surface area contributed by atoms with Crippen molar-refractivity contribution < 1.29 is 4.57 Å². The van der Waals surface area contributed by atoms with Crippen molar-refractivity contribution in [2.45, 2.75) is 6.92 Å². The van der Waals surface area contributed by atoms with E-state index in [2.05, 4.69) is 133 Å². The Bertz CT molecular complexity index is 1610. The summed E-state index contributed by atoms with van der Waals surface area (Å²) in [4.78, 5) is 7.06. The predicted octanol–water partition coefficient (Wildman–Crippen LogP) is 8.28. The van der Waals surface area contributed by atoms with E-state index < -0.39 is 0 Å². The maximum Gasteiger partial charge on any atom is 0.262 e. The highest BCUT2D eigenvalue weighted by Crippen LogP contribution is 2.35. The first-order valence-electron chi connectivity index (χ1n) is 11.5.